The summed E-state index contributed by atoms with van der Waals surface area (Å²) in [6.45, 7) is 3.73. The molecule has 0 bridgehead atoms. The van der Waals surface area contributed by atoms with Crippen LogP contribution in [0.3, 0.4) is 0 Å². The van der Waals surface area contributed by atoms with Gasteiger partial charge in [0, 0.05) is 12.1 Å². The Morgan fingerprint density at radius 1 is 1.29 bits per heavy atom. The van der Waals surface area contributed by atoms with Gasteiger partial charge >= 0.3 is 6.16 Å². The number of ether oxygens (including phenoxy) is 2. The van der Waals surface area contributed by atoms with Gasteiger partial charge in [0.1, 0.15) is 6.61 Å². The SMILES string of the molecule is [CH2]CCOC(=O)OCc1ccc([N+](=O)[O-])cc1. The van der Waals surface area contributed by atoms with Crippen LogP contribution in [0, 0.1) is 17.0 Å². The topological polar surface area (TPSA) is 78.7 Å². The third-order valence-electron chi connectivity index (χ3n) is 1.87. The highest BCUT2D eigenvalue weighted by molar-refractivity contribution is 5.59. The highest BCUT2D eigenvalue weighted by Gasteiger charge is 2.06. The van der Waals surface area contributed by atoms with Gasteiger partial charge in [0.2, 0.25) is 0 Å². The Morgan fingerprint density at radius 2 is 1.94 bits per heavy atom. The van der Waals surface area contributed by atoms with Gasteiger partial charge in [0.05, 0.1) is 11.5 Å². The van der Waals surface area contributed by atoms with Crippen molar-refractivity contribution in [1.29, 1.82) is 0 Å². The van der Waals surface area contributed by atoms with Crippen LogP contribution in [0.5, 0.6) is 0 Å². The van der Waals surface area contributed by atoms with E-state index in [0.717, 1.165) is 0 Å². The molecule has 0 saturated carbocycles. The summed E-state index contributed by atoms with van der Waals surface area (Å²) in [6.07, 6.45) is -0.292. The molecule has 17 heavy (non-hydrogen) atoms. The Hall–Kier alpha value is -2.11. The molecule has 0 N–H and O–H groups in total. The van der Waals surface area contributed by atoms with E-state index in [0.29, 0.717) is 12.0 Å². The third-order valence-corrected chi connectivity index (χ3v) is 1.87. The molecule has 6 heteroatoms. The average Bonchev–Trinajstić information content (AvgIpc) is 2.34. The van der Waals surface area contributed by atoms with E-state index in [4.69, 9.17) is 4.74 Å². The van der Waals surface area contributed by atoms with Gasteiger partial charge in [-0.05, 0) is 31.0 Å². The summed E-state index contributed by atoms with van der Waals surface area (Å²) in [5.74, 6) is 0. The van der Waals surface area contributed by atoms with Crippen LogP contribution < -0.4 is 0 Å². The van der Waals surface area contributed by atoms with Crippen LogP contribution in [0.25, 0.3) is 0 Å². The fraction of sp³-hybridized carbons (Fsp3) is 0.273. The quantitative estimate of drug-likeness (QED) is 0.447. The van der Waals surface area contributed by atoms with E-state index < -0.39 is 11.1 Å². The summed E-state index contributed by atoms with van der Waals surface area (Å²) in [5, 5.41) is 10.4. The maximum Gasteiger partial charge on any atom is 0.508 e. The molecule has 0 amide bonds. The van der Waals surface area contributed by atoms with E-state index in [-0.39, 0.29) is 18.9 Å². The summed E-state index contributed by atoms with van der Waals surface area (Å²) in [4.78, 5) is 20.9. The summed E-state index contributed by atoms with van der Waals surface area (Å²) in [6, 6.07) is 5.74. The van der Waals surface area contributed by atoms with Crippen LogP contribution in [0.1, 0.15) is 12.0 Å². The lowest BCUT2D eigenvalue weighted by molar-refractivity contribution is -0.384. The lowest BCUT2D eigenvalue weighted by Gasteiger charge is -2.04. The molecule has 0 atom stereocenters. The molecule has 0 heterocycles. The molecule has 1 aromatic carbocycles. The summed E-state index contributed by atoms with van der Waals surface area (Å²) in [7, 11) is 0. The molecule has 1 radical (unpaired) electrons. The van der Waals surface area contributed by atoms with Crippen molar-refractivity contribution in [3.05, 3.63) is 46.9 Å². The second kappa shape index (κ2) is 6.47. The van der Waals surface area contributed by atoms with Gasteiger partial charge in [-0.15, -0.1) is 0 Å². The van der Waals surface area contributed by atoms with E-state index in [2.05, 4.69) is 11.7 Å². The van der Waals surface area contributed by atoms with Gasteiger partial charge in [-0.3, -0.25) is 10.1 Å². The normalized spacial score (nSPS) is 9.71. The standard InChI is InChI=1S/C11H12NO5/c1-2-7-16-11(13)17-8-9-3-5-10(6-4-9)12(14)15/h3-6H,1-2,7-8H2. The molecule has 6 nitrogen and oxygen atoms in total. The van der Waals surface area contributed by atoms with Crippen LogP contribution >= 0.6 is 0 Å². The largest absolute Gasteiger partial charge is 0.508 e. The van der Waals surface area contributed by atoms with Crippen LogP contribution in [0.15, 0.2) is 24.3 Å². The van der Waals surface area contributed by atoms with Crippen molar-refractivity contribution >= 4 is 11.8 Å². The van der Waals surface area contributed by atoms with Crippen molar-refractivity contribution in [3.8, 4) is 0 Å². The number of hydrogen-bond acceptors (Lipinski definition) is 5. The summed E-state index contributed by atoms with van der Waals surface area (Å²) in [5.41, 5.74) is 0.649. The number of hydrogen-bond donors (Lipinski definition) is 0. The minimum atomic E-state index is -0.771. The first kappa shape index (κ1) is 13.0. The van der Waals surface area contributed by atoms with Crippen molar-refractivity contribution in [3.63, 3.8) is 0 Å². The number of nitrogens with zero attached hydrogens (tertiary/aromatic N) is 1. The van der Waals surface area contributed by atoms with Gasteiger partial charge in [-0.1, -0.05) is 0 Å². The van der Waals surface area contributed by atoms with Crippen molar-refractivity contribution in [1.82, 2.24) is 0 Å². The second-order valence-corrected chi connectivity index (χ2v) is 3.16. The molecule has 0 aliphatic rings. The molecular formula is C11H12NO5. The van der Waals surface area contributed by atoms with Gasteiger partial charge < -0.3 is 9.47 Å². The van der Waals surface area contributed by atoms with Crippen LogP contribution in [0.2, 0.25) is 0 Å². The van der Waals surface area contributed by atoms with Crippen LogP contribution in [-0.4, -0.2) is 17.7 Å². The number of benzene rings is 1. The fourth-order valence-corrected chi connectivity index (χ4v) is 1.05. The molecule has 91 valence electrons. The second-order valence-electron chi connectivity index (χ2n) is 3.16. The molecule has 0 fully saturated rings. The lowest BCUT2D eigenvalue weighted by atomic mass is 10.2. The molecule has 0 aliphatic heterocycles. The van der Waals surface area contributed by atoms with E-state index in [1.54, 1.807) is 0 Å². The highest BCUT2D eigenvalue weighted by atomic mass is 16.7. The van der Waals surface area contributed by atoms with Crippen molar-refractivity contribution in [2.75, 3.05) is 6.61 Å². The van der Waals surface area contributed by atoms with Crippen LogP contribution in [0.4, 0.5) is 10.5 Å². The third kappa shape index (κ3) is 4.50. The minimum absolute atomic E-state index is 0.00613. The molecule has 0 aromatic heterocycles. The molecular weight excluding hydrogens is 226 g/mol. The molecule has 0 aliphatic carbocycles. The first-order chi connectivity index (χ1) is 8.13. The van der Waals surface area contributed by atoms with Gasteiger partial charge in [-0.2, -0.15) is 0 Å². The molecule has 1 aromatic rings. The Bertz CT molecular complexity index is 387. The molecule has 1 rings (SSSR count). The number of carbonyl (C=O) groups is 1. The monoisotopic (exact) mass is 238 g/mol. The minimum Gasteiger partial charge on any atom is -0.434 e. The average molecular weight is 238 g/mol. The van der Waals surface area contributed by atoms with Crippen molar-refractivity contribution < 1.29 is 19.2 Å². The van der Waals surface area contributed by atoms with Crippen LogP contribution in [-0.2, 0) is 16.1 Å². The van der Waals surface area contributed by atoms with E-state index in [1.807, 2.05) is 0 Å². The molecule has 0 spiro atoms. The highest BCUT2D eigenvalue weighted by Crippen LogP contribution is 2.12. The Morgan fingerprint density at radius 3 is 2.47 bits per heavy atom. The van der Waals surface area contributed by atoms with E-state index in [1.165, 1.54) is 24.3 Å². The smallest absolute Gasteiger partial charge is 0.434 e. The molecule has 0 saturated heterocycles. The predicted octanol–water partition coefficient (Wildman–Crippen LogP) is 2.47. The first-order valence-corrected chi connectivity index (χ1v) is 4.95. The number of nitro groups is 1. The maximum atomic E-state index is 11.0. The predicted molar refractivity (Wildman–Crippen MR) is 59.2 cm³/mol. The van der Waals surface area contributed by atoms with Crippen molar-refractivity contribution in [2.24, 2.45) is 0 Å². The van der Waals surface area contributed by atoms with Gasteiger partial charge in [0.25, 0.3) is 5.69 Å². The molecule has 0 unspecified atom stereocenters. The van der Waals surface area contributed by atoms with Gasteiger partial charge in [0.15, 0.2) is 0 Å². The summed E-state index contributed by atoms with van der Waals surface area (Å²) < 4.78 is 9.41. The number of rotatable bonds is 5. The van der Waals surface area contributed by atoms with Gasteiger partial charge in [-0.25, -0.2) is 4.79 Å². The maximum absolute atomic E-state index is 11.0. The zero-order valence-electron chi connectivity index (χ0n) is 9.13. The first-order valence-electron chi connectivity index (χ1n) is 4.95. The number of carbonyl (C=O) groups excluding carboxylic acids is 1. The summed E-state index contributed by atoms with van der Waals surface area (Å²) >= 11 is 0. The fourth-order valence-electron chi connectivity index (χ4n) is 1.05. The Labute approximate surface area is 98.3 Å². The Balaban J connectivity index is 2.42. The van der Waals surface area contributed by atoms with E-state index >= 15 is 0 Å². The lowest BCUT2D eigenvalue weighted by Crippen LogP contribution is -2.07. The van der Waals surface area contributed by atoms with E-state index in [9.17, 15) is 14.9 Å². The zero-order valence-corrected chi connectivity index (χ0v) is 9.13. The zero-order chi connectivity index (χ0) is 12.7. The number of nitro benzene ring substituents is 1. The number of non-ortho nitro benzene ring substituents is 1. The van der Waals surface area contributed by atoms with Crippen molar-refractivity contribution in [2.45, 2.75) is 13.0 Å². The Kier molecular flexibility index (Phi) is 4.93.